The number of nitrogens with one attached hydrogen (secondary N) is 4. The average Bonchev–Trinajstić information content (AvgIpc) is 3.21. The topological polar surface area (TPSA) is 244 Å². The van der Waals surface area contributed by atoms with Gasteiger partial charge in [-0.2, -0.15) is 0 Å². The summed E-state index contributed by atoms with van der Waals surface area (Å²) in [4.78, 5) is 47.2. The molecule has 59 heavy (non-hydrogen) atoms. The van der Waals surface area contributed by atoms with Crippen LogP contribution in [0.15, 0.2) is 155 Å². The third-order valence-electron chi connectivity index (χ3n) is 8.13. The molecule has 297 valence electrons. The van der Waals surface area contributed by atoms with Crippen LogP contribution in [0.1, 0.15) is 41.4 Å². The SMILES string of the molecule is O=C(O)c1ccc(C(=O)Nc2cccc(S(=O)(=O)Nc3cccc(O[B]Oc4cccc(NS(=O)(=O)c5cccc(NC(=O)c6ccc(C(=O)O)cc6)c5)c4)c3)c2)cc1. The molecular formula is C40H30BN4O12S2. The molecule has 0 atom stereocenters. The van der Waals surface area contributed by atoms with Crippen LogP contribution in [-0.4, -0.2) is 58.5 Å². The first kappa shape index (κ1) is 41.0. The Morgan fingerprint density at radius 1 is 0.441 bits per heavy atom. The molecule has 0 bridgehead atoms. The lowest BCUT2D eigenvalue weighted by Gasteiger charge is -2.13. The van der Waals surface area contributed by atoms with Crippen LogP contribution in [-0.2, 0) is 20.0 Å². The number of sulfonamides is 2. The Hall–Kier alpha value is -7.64. The number of hydrogen-bond donors (Lipinski definition) is 6. The van der Waals surface area contributed by atoms with Crippen LogP contribution in [0, 0.1) is 0 Å². The fourth-order valence-electron chi connectivity index (χ4n) is 5.25. The monoisotopic (exact) mass is 833 g/mol. The molecule has 2 amide bonds. The zero-order chi connectivity index (χ0) is 42.2. The Labute approximate surface area is 337 Å². The van der Waals surface area contributed by atoms with Gasteiger partial charge in [0.05, 0.1) is 32.3 Å². The van der Waals surface area contributed by atoms with Crippen LogP contribution in [0.3, 0.4) is 0 Å². The van der Waals surface area contributed by atoms with E-state index in [1.807, 2.05) is 0 Å². The Morgan fingerprint density at radius 2 is 0.780 bits per heavy atom. The molecule has 6 N–H and O–H groups in total. The van der Waals surface area contributed by atoms with E-state index in [2.05, 4.69) is 20.1 Å². The number of carboxylic acid groups (broad SMARTS) is 2. The Balaban J connectivity index is 1.03. The zero-order valence-corrected chi connectivity index (χ0v) is 31.9. The van der Waals surface area contributed by atoms with Crippen LogP contribution >= 0.6 is 0 Å². The molecule has 0 saturated carbocycles. The number of amides is 2. The van der Waals surface area contributed by atoms with Gasteiger partial charge in [0.1, 0.15) is 11.5 Å². The summed E-state index contributed by atoms with van der Waals surface area (Å²) in [5.41, 5.74) is 0.996. The molecule has 0 aliphatic heterocycles. The lowest BCUT2D eigenvalue weighted by Crippen LogP contribution is -2.16. The van der Waals surface area contributed by atoms with E-state index < -0.39 is 43.8 Å². The van der Waals surface area contributed by atoms with Gasteiger partial charge >= 0.3 is 19.6 Å². The maximum atomic E-state index is 13.2. The van der Waals surface area contributed by atoms with Gasteiger partial charge in [0.2, 0.25) is 0 Å². The quantitative estimate of drug-likeness (QED) is 0.0599. The zero-order valence-electron chi connectivity index (χ0n) is 30.2. The number of hydrogen-bond acceptors (Lipinski definition) is 10. The molecule has 0 spiro atoms. The first-order valence-corrected chi connectivity index (χ1v) is 20.0. The molecule has 0 heterocycles. The van der Waals surface area contributed by atoms with Gasteiger partial charge in [0, 0.05) is 34.6 Å². The second-order valence-corrected chi connectivity index (χ2v) is 15.7. The van der Waals surface area contributed by atoms with E-state index in [-0.39, 0.29) is 66.3 Å². The molecule has 6 aromatic carbocycles. The standard InChI is InChI=1S/C40H30BN4O12S2/c46-37(25-13-17-27(18-14-25)39(48)49)42-29-5-3-11-35(23-29)58(52,53)44-31-7-1-9-33(21-31)56-41-57-34-10-2-8-32(22-34)45-59(54,55)36-12-4-6-30(24-36)43-38(47)26-15-19-28(20-16-26)40(50)51/h1-24,44-45H,(H,42,46)(H,43,47)(H,48,49)(H,50,51). The number of anilines is 4. The first-order chi connectivity index (χ1) is 28.1. The lowest BCUT2D eigenvalue weighted by molar-refractivity contribution is 0.0686. The predicted octanol–water partition coefficient (Wildman–Crippen LogP) is 6.18. The van der Waals surface area contributed by atoms with Crippen LogP contribution in [0.2, 0.25) is 0 Å². The number of carbonyl (C=O) groups is 4. The van der Waals surface area contributed by atoms with Gasteiger partial charge in [-0.05, 0) is 109 Å². The normalized spacial score (nSPS) is 11.1. The largest absolute Gasteiger partial charge is 0.658 e. The van der Waals surface area contributed by atoms with Crippen molar-refractivity contribution in [3.8, 4) is 11.5 Å². The Morgan fingerprint density at radius 3 is 1.15 bits per heavy atom. The van der Waals surface area contributed by atoms with Crippen molar-refractivity contribution in [1.82, 2.24) is 0 Å². The van der Waals surface area contributed by atoms with Gasteiger partial charge in [-0.25, -0.2) is 26.4 Å². The summed E-state index contributed by atoms with van der Waals surface area (Å²) in [5.74, 6) is -3.06. The van der Waals surface area contributed by atoms with E-state index in [4.69, 9.17) is 19.5 Å². The van der Waals surface area contributed by atoms with Gasteiger partial charge in [-0.15, -0.1) is 0 Å². The Bertz CT molecular complexity index is 2600. The van der Waals surface area contributed by atoms with Crippen LogP contribution in [0.25, 0.3) is 0 Å². The van der Waals surface area contributed by atoms with E-state index >= 15 is 0 Å². The predicted molar refractivity (Wildman–Crippen MR) is 217 cm³/mol. The fraction of sp³-hybridized carbons (Fsp3) is 0. The fourth-order valence-corrected chi connectivity index (χ4v) is 7.44. The van der Waals surface area contributed by atoms with Crippen molar-refractivity contribution in [2.45, 2.75) is 9.79 Å². The molecule has 6 rings (SSSR count). The minimum Gasteiger partial charge on any atom is -0.526 e. The second kappa shape index (κ2) is 17.7. The van der Waals surface area contributed by atoms with Crippen LogP contribution in [0.4, 0.5) is 22.7 Å². The minimum absolute atomic E-state index is 0.00766. The highest BCUT2D eigenvalue weighted by Crippen LogP contribution is 2.25. The molecule has 0 saturated heterocycles. The third kappa shape index (κ3) is 10.8. The molecule has 16 nitrogen and oxygen atoms in total. The summed E-state index contributed by atoms with van der Waals surface area (Å²) in [5, 5.41) is 23.3. The van der Waals surface area contributed by atoms with Crippen molar-refractivity contribution >= 4 is 74.2 Å². The van der Waals surface area contributed by atoms with E-state index in [1.54, 1.807) is 0 Å². The molecule has 6 aromatic rings. The summed E-state index contributed by atoms with van der Waals surface area (Å²) in [6.07, 6.45) is 0. The summed E-state index contributed by atoms with van der Waals surface area (Å²) in [6, 6.07) is 33.4. The third-order valence-corrected chi connectivity index (χ3v) is 10.9. The maximum absolute atomic E-state index is 13.2. The van der Waals surface area contributed by atoms with Crippen molar-refractivity contribution in [3.63, 3.8) is 0 Å². The molecule has 0 fully saturated rings. The van der Waals surface area contributed by atoms with Gasteiger partial charge in [0.15, 0.2) is 0 Å². The molecule has 0 aliphatic carbocycles. The van der Waals surface area contributed by atoms with Crippen molar-refractivity contribution in [2.75, 3.05) is 20.1 Å². The molecule has 19 heteroatoms. The van der Waals surface area contributed by atoms with Crippen molar-refractivity contribution < 1.29 is 55.5 Å². The van der Waals surface area contributed by atoms with Gasteiger partial charge < -0.3 is 30.2 Å². The highest BCUT2D eigenvalue weighted by atomic mass is 32.2. The van der Waals surface area contributed by atoms with Crippen molar-refractivity contribution in [1.29, 1.82) is 0 Å². The van der Waals surface area contributed by atoms with Crippen LogP contribution in [0.5, 0.6) is 11.5 Å². The van der Waals surface area contributed by atoms with E-state index in [9.17, 15) is 36.0 Å². The number of benzene rings is 6. The first-order valence-electron chi connectivity index (χ1n) is 17.1. The molecule has 0 unspecified atom stereocenters. The van der Waals surface area contributed by atoms with E-state index in [0.29, 0.717) is 0 Å². The smallest absolute Gasteiger partial charge is 0.526 e. The molecular weight excluding hydrogens is 803 g/mol. The molecule has 0 aromatic heterocycles. The van der Waals surface area contributed by atoms with E-state index in [1.165, 1.54) is 146 Å². The summed E-state index contributed by atoms with van der Waals surface area (Å²) in [7, 11) is -7.34. The summed E-state index contributed by atoms with van der Waals surface area (Å²) in [6.45, 7) is 0. The molecule has 1 radical (unpaired) electrons. The number of carbonyl (C=O) groups excluding carboxylic acids is 2. The lowest BCUT2D eigenvalue weighted by atomic mass is 10.1. The highest BCUT2D eigenvalue weighted by molar-refractivity contribution is 7.93. The highest BCUT2D eigenvalue weighted by Gasteiger charge is 2.19. The average molecular weight is 834 g/mol. The summed E-state index contributed by atoms with van der Waals surface area (Å²) >= 11 is 0. The van der Waals surface area contributed by atoms with Crippen LogP contribution < -0.4 is 29.4 Å². The van der Waals surface area contributed by atoms with Crippen molar-refractivity contribution in [3.05, 3.63) is 168 Å². The number of rotatable bonds is 16. The Kier molecular flexibility index (Phi) is 12.3. The number of carboxylic acids is 2. The minimum atomic E-state index is -4.15. The maximum Gasteiger partial charge on any atom is 0.658 e. The summed E-state index contributed by atoms with van der Waals surface area (Å²) < 4.78 is 69.0. The molecule has 0 aliphatic rings. The number of aromatic carboxylic acids is 2. The second-order valence-electron chi connectivity index (χ2n) is 12.3. The van der Waals surface area contributed by atoms with Crippen molar-refractivity contribution in [2.24, 2.45) is 0 Å². The van der Waals surface area contributed by atoms with Gasteiger partial charge in [0.25, 0.3) is 31.9 Å². The van der Waals surface area contributed by atoms with Gasteiger partial charge in [-0.3, -0.25) is 19.0 Å². The van der Waals surface area contributed by atoms with Gasteiger partial charge in [-0.1, -0.05) is 24.3 Å². The van der Waals surface area contributed by atoms with E-state index in [0.717, 1.165) is 7.69 Å².